The van der Waals surface area contributed by atoms with E-state index in [0.717, 1.165) is 11.1 Å². The van der Waals surface area contributed by atoms with E-state index >= 15 is 0 Å². The van der Waals surface area contributed by atoms with Gasteiger partial charge in [0.05, 0.1) is 10.4 Å². The van der Waals surface area contributed by atoms with Crippen molar-refractivity contribution >= 4 is 63.0 Å². The van der Waals surface area contributed by atoms with Gasteiger partial charge < -0.3 is 0 Å². The zero-order valence-corrected chi connectivity index (χ0v) is 16.5. The molecule has 0 spiro atoms. The molecular formula is C18H17Cl5. The topological polar surface area (TPSA) is 0 Å². The van der Waals surface area contributed by atoms with Gasteiger partial charge in [-0.2, -0.15) is 0 Å². The van der Waals surface area contributed by atoms with Gasteiger partial charge in [0.1, 0.15) is 0 Å². The monoisotopic (exact) mass is 408 g/mol. The summed E-state index contributed by atoms with van der Waals surface area (Å²) in [7, 11) is 0. The van der Waals surface area contributed by atoms with Crippen LogP contribution in [0.5, 0.6) is 0 Å². The molecule has 0 aromatic heterocycles. The average Bonchev–Trinajstić information content (AvgIpc) is 2.56. The molecule has 2 aromatic carbocycles. The third-order valence-electron chi connectivity index (χ3n) is 2.99. The Morgan fingerprint density at radius 2 is 1.30 bits per heavy atom. The van der Waals surface area contributed by atoms with E-state index in [9.17, 15) is 0 Å². The molecule has 0 aliphatic heterocycles. The molecule has 2 rings (SSSR count). The van der Waals surface area contributed by atoms with Crippen molar-refractivity contribution in [3.05, 3.63) is 76.8 Å². The number of hydrogen-bond acceptors (Lipinski definition) is 0. The zero-order valence-electron chi connectivity index (χ0n) is 12.7. The highest BCUT2D eigenvalue weighted by Gasteiger charge is 2.31. The SMILES string of the molecule is C/C(Cl)=C(\Cl)c1ccccc1.CC(Cl)C(Cl)(Cl)c1ccccc1. The van der Waals surface area contributed by atoms with Gasteiger partial charge in [-0.1, -0.05) is 107 Å². The van der Waals surface area contributed by atoms with Crippen LogP contribution in [0.4, 0.5) is 0 Å². The van der Waals surface area contributed by atoms with Gasteiger partial charge >= 0.3 is 0 Å². The molecule has 0 saturated heterocycles. The van der Waals surface area contributed by atoms with Crippen molar-refractivity contribution in [3.63, 3.8) is 0 Å². The smallest absolute Gasteiger partial charge is 0.120 e. The standard InChI is InChI=1S/C9H9Cl3.C9H8Cl2/c1-7(10)9(11,12)8-5-3-2-4-6-8;1-7(10)9(11)8-5-3-2-4-6-8/h2-7H,1H3;2-6H,1H3/b;9-7+. The highest BCUT2D eigenvalue weighted by molar-refractivity contribution is 6.54. The van der Waals surface area contributed by atoms with Crippen LogP contribution in [0.1, 0.15) is 25.0 Å². The maximum Gasteiger partial charge on any atom is 0.159 e. The van der Waals surface area contributed by atoms with Gasteiger partial charge in [-0.05, 0) is 25.0 Å². The van der Waals surface area contributed by atoms with Crippen LogP contribution >= 0.6 is 58.0 Å². The first-order chi connectivity index (χ1) is 10.8. The minimum absolute atomic E-state index is 0.316. The molecule has 0 heterocycles. The molecule has 0 aliphatic rings. The lowest BCUT2D eigenvalue weighted by molar-refractivity contribution is 0.815. The Labute approximate surface area is 163 Å². The van der Waals surface area contributed by atoms with Crippen molar-refractivity contribution < 1.29 is 0 Å². The highest BCUT2D eigenvalue weighted by atomic mass is 35.5. The van der Waals surface area contributed by atoms with Crippen LogP contribution in [0.15, 0.2) is 65.7 Å². The lowest BCUT2D eigenvalue weighted by Gasteiger charge is -2.22. The van der Waals surface area contributed by atoms with E-state index in [-0.39, 0.29) is 5.38 Å². The van der Waals surface area contributed by atoms with Crippen molar-refractivity contribution in [2.75, 3.05) is 0 Å². The Morgan fingerprint density at radius 3 is 1.70 bits per heavy atom. The van der Waals surface area contributed by atoms with E-state index in [1.165, 1.54) is 0 Å². The summed E-state index contributed by atoms with van der Waals surface area (Å²) in [6.45, 7) is 3.55. The van der Waals surface area contributed by atoms with E-state index < -0.39 is 4.33 Å². The molecule has 0 radical (unpaired) electrons. The maximum absolute atomic E-state index is 6.03. The van der Waals surface area contributed by atoms with Gasteiger partial charge in [0.15, 0.2) is 4.33 Å². The van der Waals surface area contributed by atoms with Gasteiger partial charge in [-0.3, -0.25) is 0 Å². The number of hydrogen-bond donors (Lipinski definition) is 0. The Hall–Kier alpha value is -0.370. The quantitative estimate of drug-likeness (QED) is 0.453. The van der Waals surface area contributed by atoms with Crippen molar-refractivity contribution in [2.24, 2.45) is 0 Å². The first-order valence-corrected chi connectivity index (χ1v) is 8.86. The third-order valence-corrected chi connectivity index (χ3v) is 5.42. The minimum Gasteiger partial charge on any atom is -0.120 e. The lowest BCUT2D eigenvalue weighted by Crippen LogP contribution is -2.20. The number of allylic oxidation sites excluding steroid dienone is 1. The summed E-state index contributed by atoms with van der Waals surface area (Å²) in [6, 6.07) is 19.0. The second-order valence-corrected chi connectivity index (χ2v) is 7.80. The van der Waals surface area contributed by atoms with Crippen LogP contribution in [0, 0.1) is 0 Å². The lowest BCUT2D eigenvalue weighted by atomic mass is 10.1. The summed E-state index contributed by atoms with van der Waals surface area (Å²) in [6.07, 6.45) is 0. The number of alkyl halides is 3. The molecule has 0 N–H and O–H groups in total. The van der Waals surface area contributed by atoms with Gasteiger partial charge in [0.25, 0.3) is 0 Å². The van der Waals surface area contributed by atoms with E-state index in [4.69, 9.17) is 58.0 Å². The molecule has 1 atom stereocenters. The molecular weight excluding hydrogens is 393 g/mol. The fourth-order valence-electron chi connectivity index (χ4n) is 1.67. The van der Waals surface area contributed by atoms with Crippen molar-refractivity contribution in [3.8, 4) is 0 Å². The fourth-order valence-corrected chi connectivity index (χ4v) is 2.29. The molecule has 0 nitrogen and oxygen atoms in total. The Balaban J connectivity index is 0.000000231. The summed E-state index contributed by atoms with van der Waals surface area (Å²) >= 11 is 29.5. The first kappa shape index (κ1) is 20.7. The van der Waals surface area contributed by atoms with E-state index in [1.54, 1.807) is 13.8 Å². The van der Waals surface area contributed by atoms with Crippen LogP contribution in [0.2, 0.25) is 0 Å². The zero-order chi connectivity index (χ0) is 17.5. The molecule has 0 saturated carbocycles. The molecule has 2 aromatic rings. The summed E-state index contributed by atoms with van der Waals surface area (Å²) in [5, 5.41) is 0.924. The van der Waals surface area contributed by atoms with Crippen LogP contribution in [0.3, 0.4) is 0 Å². The molecule has 124 valence electrons. The predicted molar refractivity (Wildman–Crippen MR) is 106 cm³/mol. The van der Waals surface area contributed by atoms with Crippen molar-refractivity contribution in [1.29, 1.82) is 0 Å². The third kappa shape index (κ3) is 6.57. The van der Waals surface area contributed by atoms with Gasteiger partial charge in [0, 0.05) is 5.03 Å². The Bertz CT molecular complexity index is 614. The molecule has 0 aliphatic carbocycles. The summed E-state index contributed by atoms with van der Waals surface area (Å²) < 4.78 is -0.997. The second kappa shape index (κ2) is 9.81. The van der Waals surface area contributed by atoms with Crippen LogP contribution in [-0.4, -0.2) is 5.38 Å². The Morgan fingerprint density at radius 1 is 0.870 bits per heavy atom. The summed E-state index contributed by atoms with van der Waals surface area (Å²) in [5.41, 5.74) is 1.79. The maximum atomic E-state index is 6.03. The summed E-state index contributed by atoms with van der Waals surface area (Å²) in [5.74, 6) is 0. The number of rotatable bonds is 3. The van der Waals surface area contributed by atoms with Crippen LogP contribution in [0.25, 0.3) is 5.03 Å². The van der Waals surface area contributed by atoms with Gasteiger partial charge in [0.2, 0.25) is 0 Å². The molecule has 1 unspecified atom stereocenters. The normalized spacial score (nSPS) is 13.5. The van der Waals surface area contributed by atoms with Crippen molar-refractivity contribution in [2.45, 2.75) is 23.6 Å². The van der Waals surface area contributed by atoms with Crippen LogP contribution in [-0.2, 0) is 4.33 Å². The van der Waals surface area contributed by atoms with Crippen molar-refractivity contribution in [1.82, 2.24) is 0 Å². The molecule has 23 heavy (non-hydrogen) atoms. The fraction of sp³-hybridized carbons (Fsp3) is 0.222. The minimum atomic E-state index is -0.997. The molecule has 0 fully saturated rings. The summed E-state index contributed by atoms with van der Waals surface area (Å²) in [4.78, 5) is 0. The van der Waals surface area contributed by atoms with Gasteiger partial charge in [-0.25, -0.2) is 0 Å². The average molecular weight is 411 g/mol. The number of benzene rings is 2. The van der Waals surface area contributed by atoms with Gasteiger partial charge in [-0.15, -0.1) is 11.6 Å². The molecule has 0 bridgehead atoms. The largest absolute Gasteiger partial charge is 0.159 e. The van der Waals surface area contributed by atoms with E-state index in [2.05, 4.69) is 0 Å². The van der Waals surface area contributed by atoms with E-state index in [0.29, 0.717) is 10.1 Å². The van der Waals surface area contributed by atoms with Crippen LogP contribution < -0.4 is 0 Å². The Kier molecular flexibility index (Phi) is 8.82. The highest BCUT2D eigenvalue weighted by Crippen LogP contribution is 2.39. The predicted octanol–water partition coefficient (Wildman–Crippen LogP) is 7.80. The van der Waals surface area contributed by atoms with E-state index in [1.807, 2.05) is 60.7 Å². The molecule has 5 heteroatoms. The second-order valence-electron chi connectivity index (χ2n) is 4.82. The molecule has 0 amide bonds. The number of halogens is 5. The first-order valence-electron chi connectivity index (χ1n) is 6.91.